The lowest BCUT2D eigenvalue weighted by molar-refractivity contribution is 0.0665. The number of urea groups is 1. The summed E-state index contributed by atoms with van der Waals surface area (Å²) in [6, 6.07) is -0.119. The van der Waals surface area contributed by atoms with E-state index in [0.29, 0.717) is 13.1 Å². The van der Waals surface area contributed by atoms with E-state index in [4.69, 9.17) is 0 Å². The van der Waals surface area contributed by atoms with Crippen molar-refractivity contribution in [3.8, 4) is 0 Å². The molecule has 0 saturated carbocycles. The van der Waals surface area contributed by atoms with Crippen molar-refractivity contribution in [2.24, 2.45) is 13.0 Å². The molecule has 6 nitrogen and oxygen atoms in total. The zero-order valence-corrected chi connectivity index (χ0v) is 14.9. The highest BCUT2D eigenvalue weighted by Gasteiger charge is 2.31. The number of amides is 2. The Hall–Kier alpha value is -1.56. The highest BCUT2D eigenvalue weighted by Crippen LogP contribution is 2.25. The van der Waals surface area contributed by atoms with Gasteiger partial charge in [-0.2, -0.15) is 5.10 Å². The van der Waals surface area contributed by atoms with Gasteiger partial charge in [0.15, 0.2) is 0 Å². The topological polar surface area (TPSA) is 62.2 Å². The highest BCUT2D eigenvalue weighted by molar-refractivity contribution is 5.73. The molecule has 1 aliphatic heterocycles. The molecule has 0 radical (unpaired) electrons. The van der Waals surface area contributed by atoms with E-state index in [1.165, 1.54) is 19.3 Å². The van der Waals surface area contributed by atoms with Gasteiger partial charge in [0, 0.05) is 44.0 Å². The Labute approximate surface area is 139 Å². The van der Waals surface area contributed by atoms with Gasteiger partial charge in [-0.3, -0.25) is 9.58 Å². The van der Waals surface area contributed by atoms with Crippen molar-refractivity contribution in [2.75, 3.05) is 19.6 Å². The van der Waals surface area contributed by atoms with Crippen molar-refractivity contribution in [1.82, 2.24) is 25.3 Å². The number of hydrogen-bond donors (Lipinski definition) is 2. The van der Waals surface area contributed by atoms with Crippen LogP contribution >= 0.6 is 0 Å². The predicted molar refractivity (Wildman–Crippen MR) is 92.1 cm³/mol. The van der Waals surface area contributed by atoms with Crippen LogP contribution in [0, 0.1) is 5.92 Å². The van der Waals surface area contributed by atoms with Gasteiger partial charge in [0.05, 0.1) is 6.20 Å². The molecule has 2 N–H and O–H groups in total. The number of aryl methyl sites for hydroxylation is 1. The lowest BCUT2D eigenvalue weighted by atomic mass is 9.91. The first-order chi connectivity index (χ1) is 10.9. The molecule has 2 heterocycles. The zero-order valence-electron chi connectivity index (χ0n) is 14.9. The van der Waals surface area contributed by atoms with Crippen LogP contribution in [0.4, 0.5) is 4.79 Å². The molecular formula is C17H31N5O. The van der Waals surface area contributed by atoms with Crippen LogP contribution in [0.3, 0.4) is 0 Å². The number of nitrogens with one attached hydrogen (secondary N) is 2. The van der Waals surface area contributed by atoms with Gasteiger partial charge >= 0.3 is 6.03 Å². The normalized spacial score (nSPS) is 19.6. The fraction of sp³-hybridized carbons (Fsp3) is 0.765. The lowest BCUT2D eigenvalue weighted by Gasteiger charge is -2.43. The Morgan fingerprint density at radius 2 is 2.22 bits per heavy atom. The minimum Gasteiger partial charge on any atom is -0.336 e. The van der Waals surface area contributed by atoms with E-state index >= 15 is 0 Å². The number of rotatable bonds is 6. The maximum absolute atomic E-state index is 12.0. The van der Waals surface area contributed by atoms with E-state index in [9.17, 15) is 4.79 Å². The maximum atomic E-state index is 12.0. The predicted octanol–water partition coefficient (Wildman–Crippen LogP) is 2.12. The number of likely N-dealkylation sites (tertiary alicyclic amines) is 1. The van der Waals surface area contributed by atoms with Crippen LogP contribution in [0.1, 0.15) is 45.6 Å². The largest absolute Gasteiger partial charge is 0.336 e. The van der Waals surface area contributed by atoms with E-state index < -0.39 is 0 Å². The molecule has 6 heteroatoms. The fourth-order valence-corrected chi connectivity index (χ4v) is 3.16. The van der Waals surface area contributed by atoms with Crippen molar-refractivity contribution in [2.45, 2.75) is 52.1 Å². The molecular weight excluding hydrogens is 290 g/mol. The summed E-state index contributed by atoms with van der Waals surface area (Å²) < 4.78 is 1.73. The molecule has 1 saturated heterocycles. The van der Waals surface area contributed by atoms with E-state index in [0.717, 1.165) is 24.6 Å². The molecule has 1 unspecified atom stereocenters. The van der Waals surface area contributed by atoms with Crippen LogP contribution in [0.25, 0.3) is 0 Å². The van der Waals surface area contributed by atoms with E-state index in [2.05, 4.69) is 41.4 Å². The number of carbonyl (C=O) groups excluding carboxylic acids is 1. The van der Waals surface area contributed by atoms with Gasteiger partial charge in [0.2, 0.25) is 0 Å². The van der Waals surface area contributed by atoms with Gasteiger partial charge < -0.3 is 10.6 Å². The molecule has 2 amide bonds. The van der Waals surface area contributed by atoms with Crippen molar-refractivity contribution < 1.29 is 4.79 Å². The average Bonchev–Trinajstić information content (AvgIpc) is 2.96. The Morgan fingerprint density at radius 1 is 1.43 bits per heavy atom. The molecule has 1 fully saturated rings. The molecule has 1 aromatic rings. The Balaban J connectivity index is 1.75. The number of piperidine rings is 1. The first kappa shape index (κ1) is 17.8. The van der Waals surface area contributed by atoms with Crippen molar-refractivity contribution in [3.05, 3.63) is 18.0 Å². The summed E-state index contributed by atoms with van der Waals surface area (Å²) in [5, 5.41) is 9.99. The van der Waals surface area contributed by atoms with Crippen molar-refractivity contribution in [3.63, 3.8) is 0 Å². The first-order valence-electron chi connectivity index (χ1n) is 8.65. The third kappa shape index (κ3) is 5.23. The molecule has 0 aromatic carbocycles. The quantitative estimate of drug-likeness (QED) is 0.843. The number of nitrogens with zero attached hydrogens (tertiary/aromatic N) is 3. The van der Waals surface area contributed by atoms with Crippen LogP contribution in [-0.4, -0.2) is 45.9 Å². The van der Waals surface area contributed by atoms with Crippen LogP contribution < -0.4 is 10.6 Å². The second kappa shape index (κ2) is 7.81. The van der Waals surface area contributed by atoms with Crippen LogP contribution in [0.5, 0.6) is 0 Å². The Morgan fingerprint density at radius 3 is 2.87 bits per heavy atom. The minimum absolute atomic E-state index is 0.0144. The number of aromatic nitrogens is 2. The average molecular weight is 321 g/mol. The summed E-state index contributed by atoms with van der Waals surface area (Å²) in [5.41, 5.74) is 0.989. The summed E-state index contributed by atoms with van der Waals surface area (Å²) in [6.45, 7) is 10.1. The van der Waals surface area contributed by atoms with Crippen molar-refractivity contribution in [1.29, 1.82) is 0 Å². The molecule has 0 bridgehead atoms. The van der Waals surface area contributed by atoms with E-state index in [1.807, 2.05) is 13.2 Å². The van der Waals surface area contributed by atoms with Gasteiger partial charge in [-0.25, -0.2) is 4.79 Å². The SMILES string of the molecule is CCC1CCCN(C(C)(C)CNC(=O)NCc2cnn(C)c2)C1. The Kier molecular flexibility index (Phi) is 6.04. The summed E-state index contributed by atoms with van der Waals surface area (Å²) in [5.74, 6) is 0.794. The van der Waals surface area contributed by atoms with Crippen LogP contribution in [0.2, 0.25) is 0 Å². The second-order valence-corrected chi connectivity index (χ2v) is 7.23. The maximum Gasteiger partial charge on any atom is 0.315 e. The molecule has 0 spiro atoms. The van der Waals surface area contributed by atoms with Crippen molar-refractivity contribution >= 4 is 6.03 Å². The highest BCUT2D eigenvalue weighted by atomic mass is 16.2. The first-order valence-corrected chi connectivity index (χ1v) is 8.65. The number of carbonyl (C=O) groups is 1. The smallest absolute Gasteiger partial charge is 0.315 e. The minimum atomic E-state index is -0.119. The summed E-state index contributed by atoms with van der Waals surface area (Å²) in [7, 11) is 1.87. The molecule has 130 valence electrons. The van der Waals surface area contributed by atoms with Crippen LogP contribution in [-0.2, 0) is 13.6 Å². The number of hydrogen-bond acceptors (Lipinski definition) is 3. The molecule has 1 aromatic heterocycles. The molecule has 1 aliphatic rings. The van der Waals surface area contributed by atoms with Gasteiger partial charge in [-0.05, 0) is 39.2 Å². The molecule has 23 heavy (non-hydrogen) atoms. The summed E-state index contributed by atoms with van der Waals surface area (Å²) >= 11 is 0. The van der Waals surface area contributed by atoms with E-state index in [-0.39, 0.29) is 11.6 Å². The molecule has 1 atom stereocenters. The van der Waals surface area contributed by atoms with Gasteiger partial charge in [-0.15, -0.1) is 0 Å². The third-order valence-electron chi connectivity index (χ3n) is 4.85. The third-order valence-corrected chi connectivity index (χ3v) is 4.85. The summed E-state index contributed by atoms with van der Waals surface area (Å²) in [4.78, 5) is 14.5. The van der Waals surface area contributed by atoms with Gasteiger partial charge in [0.1, 0.15) is 0 Å². The fourth-order valence-electron chi connectivity index (χ4n) is 3.16. The monoisotopic (exact) mass is 321 g/mol. The van der Waals surface area contributed by atoms with E-state index in [1.54, 1.807) is 10.9 Å². The van der Waals surface area contributed by atoms with Gasteiger partial charge in [0.25, 0.3) is 0 Å². The zero-order chi connectivity index (χ0) is 16.9. The second-order valence-electron chi connectivity index (χ2n) is 7.23. The van der Waals surface area contributed by atoms with Crippen LogP contribution in [0.15, 0.2) is 12.4 Å². The standard InChI is InChI=1S/C17H31N5O/c1-5-14-7-6-8-22(12-14)17(2,3)13-19-16(23)18-9-15-10-20-21(4)11-15/h10-11,14H,5-9,12-13H2,1-4H3,(H2,18,19,23). The van der Waals surface area contributed by atoms with Gasteiger partial charge in [-0.1, -0.05) is 13.3 Å². The molecule has 2 rings (SSSR count). The Bertz CT molecular complexity index is 511. The lowest BCUT2D eigenvalue weighted by Crippen LogP contribution is -2.55. The molecule has 0 aliphatic carbocycles. The summed E-state index contributed by atoms with van der Waals surface area (Å²) in [6.07, 6.45) is 7.51.